The summed E-state index contributed by atoms with van der Waals surface area (Å²) in [5.41, 5.74) is 6.52. The van der Waals surface area contributed by atoms with Crippen LogP contribution in [-0.4, -0.2) is 48.4 Å². The predicted molar refractivity (Wildman–Crippen MR) is 85.1 cm³/mol. The Bertz CT molecular complexity index is 646. The average Bonchev–Trinajstić information content (AvgIpc) is 3.04. The second-order valence-corrected chi connectivity index (χ2v) is 5.85. The Morgan fingerprint density at radius 3 is 2.78 bits per heavy atom. The molecule has 2 heterocycles. The van der Waals surface area contributed by atoms with E-state index in [2.05, 4.69) is 5.32 Å². The van der Waals surface area contributed by atoms with Crippen LogP contribution in [0.15, 0.2) is 24.3 Å². The number of nitrogens with two attached hydrogens (primary N) is 1. The lowest BCUT2D eigenvalue weighted by molar-refractivity contribution is -0.121. The molecule has 2 fully saturated rings. The number of hydrogen-bond acceptors (Lipinski definition) is 3. The van der Waals surface area contributed by atoms with Gasteiger partial charge in [0.2, 0.25) is 5.91 Å². The first-order valence-corrected chi connectivity index (χ1v) is 7.83. The van der Waals surface area contributed by atoms with Crippen LogP contribution in [0.3, 0.4) is 0 Å². The molecule has 7 heteroatoms. The molecule has 2 aliphatic rings. The van der Waals surface area contributed by atoms with Crippen LogP contribution in [-0.2, 0) is 4.79 Å². The van der Waals surface area contributed by atoms with Crippen molar-refractivity contribution in [2.45, 2.75) is 25.3 Å². The molecule has 0 saturated carbocycles. The maximum Gasteiger partial charge on any atom is 0.321 e. The molecule has 23 heavy (non-hydrogen) atoms. The Kier molecular flexibility index (Phi) is 4.18. The van der Waals surface area contributed by atoms with Gasteiger partial charge in [0.15, 0.2) is 0 Å². The van der Waals surface area contributed by atoms with E-state index in [1.54, 1.807) is 29.2 Å². The third kappa shape index (κ3) is 2.99. The molecule has 1 aromatic carbocycles. The van der Waals surface area contributed by atoms with Gasteiger partial charge in [-0.05, 0) is 37.5 Å². The van der Waals surface area contributed by atoms with Crippen molar-refractivity contribution < 1.29 is 14.4 Å². The van der Waals surface area contributed by atoms with Crippen LogP contribution in [0.4, 0.5) is 10.5 Å². The number of hydrogen-bond donors (Lipinski definition) is 2. The van der Waals surface area contributed by atoms with Crippen molar-refractivity contribution >= 4 is 23.5 Å². The van der Waals surface area contributed by atoms with Crippen LogP contribution in [0.1, 0.15) is 29.6 Å². The highest BCUT2D eigenvalue weighted by molar-refractivity contribution is 6.00. The fourth-order valence-corrected chi connectivity index (χ4v) is 3.15. The molecule has 0 bridgehead atoms. The van der Waals surface area contributed by atoms with Gasteiger partial charge in [-0.2, -0.15) is 0 Å². The first-order chi connectivity index (χ1) is 11.1. The van der Waals surface area contributed by atoms with E-state index in [0.717, 1.165) is 12.8 Å². The molecule has 0 spiro atoms. The molecule has 2 saturated heterocycles. The predicted octanol–water partition coefficient (Wildman–Crippen LogP) is 0.696. The lowest BCUT2D eigenvalue weighted by Gasteiger charge is -2.28. The summed E-state index contributed by atoms with van der Waals surface area (Å²) in [4.78, 5) is 39.2. The zero-order valence-electron chi connectivity index (χ0n) is 12.8. The minimum Gasteiger partial charge on any atom is -0.368 e. The van der Waals surface area contributed by atoms with Crippen molar-refractivity contribution in [1.82, 2.24) is 10.2 Å². The minimum atomic E-state index is -0.538. The SMILES string of the molecule is NC(=O)[C@@H]1CCCN1C(=O)c1cccc(N2CCCNC2=O)c1. The van der Waals surface area contributed by atoms with Crippen LogP contribution in [0.5, 0.6) is 0 Å². The quantitative estimate of drug-likeness (QED) is 0.859. The molecule has 0 radical (unpaired) electrons. The number of likely N-dealkylation sites (tertiary alicyclic amines) is 1. The van der Waals surface area contributed by atoms with Crippen molar-refractivity contribution in [1.29, 1.82) is 0 Å². The van der Waals surface area contributed by atoms with Crippen molar-refractivity contribution in [3.63, 3.8) is 0 Å². The summed E-state index contributed by atoms with van der Waals surface area (Å²) in [6, 6.07) is 6.26. The van der Waals surface area contributed by atoms with Gasteiger partial charge in [-0.15, -0.1) is 0 Å². The molecule has 0 unspecified atom stereocenters. The maximum absolute atomic E-state index is 12.7. The molecule has 0 aromatic heterocycles. The maximum atomic E-state index is 12.7. The summed E-state index contributed by atoms with van der Waals surface area (Å²) in [6.45, 7) is 1.82. The molecule has 122 valence electrons. The normalized spacial score (nSPS) is 21.2. The molecule has 4 amide bonds. The summed E-state index contributed by atoms with van der Waals surface area (Å²) >= 11 is 0. The first-order valence-electron chi connectivity index (χ1n) is 7.83. The van der Waals surface area contributed by atoms with Gasteiger partial charge in [0.05, 0.1) is 0 Å². The highest BCUT2D eigenvalue weighted by Crippen LogP contribution is 2.23. The van der Waals surface area contributed by atoms with Crippen molar-refractivity contribution in [2.24, 2.45) is 5.73 Å². The lowest BCUT2D eigenvalue weighted by Crippen LogP contribution is -2.46. The van der Waals surface area contributed by atoms with Crippen molar-refractivity contribution in [3.8, 4) is 0 Å². The number of carbonyl (C=O) groups is 3. The Balaban J connectivity index is 1.83. The lowest BCUT2D eigenvalue weighted by atomic mass is 10.1. The van der Waals surface area contributed by atoms with Crippen LogP contribution >= 0.6 is 0 Å². The molecule has 1 aromatic rings. The van der Waals surface area contributed by atoms with E-state index in [0.29, 0.717) is 37.3 Å². The molecule has 0 aliphatic carbocycles. The zero-order chi connectivity index (χ0) is 16.4. The fourth-order valence-electron chi connectivity index (χ4n) is 3.15. The average molecular weight is 316 g/mol. The van der Waals surface area contributed by atoms with Gasteiger partial charge in [-0.3, -0.25) is 14.5 Å². The van der Waals surface area contributed by atoms with Crippen LogP contribution in [0.2, 0.25) is 0 Å². The summed E-state index contributed by atoms with van der Waals surface area (Å²) in [5.74, 6) is -0.687. The van der Waals surface area contributed by atoms with E-state index >= 15 is 0 Å². The van der Waals surface area contributed by atoms with Gasteiger partial charge < -0.3 is 16.0 Å². The van der Waals surface area contributed by atoms with Crippen LogP contribution in [0, 0.1) is 0 Å². The van der Waals surface area contributed by atoms with E-state index in [1.807, 2.05) is 0 Å². The third-order valence-corrected chi connectivity index (χ3v) is 4.33. The molecule has 3 N–H and O–H groups in total. The van der Waals surface area contributed by atoms with Gasteiger partial charge in [0.1, 0.15) is 6.04 Å². The summed E-state index contributed by atoms with van der Waals surface area (Å²) in [6.07, 6.45) is 2.24. The fraction of sp³-hybridized carbons (Fsp3) is 0.438. The molecule has 2 aliphatic heterocycles. The highest BCUT2D eigenvalue weighted by Gasteiger charge is 2.33. The van der Waals surface area contributed by atoms with E-state index in [1.165, 1.54) is 4.90 Å². The monoisotopic (exact) mass is 316 g/mol. The minimum absolute atomic E-state index is 0.156. The Hall–Kier alpha value is -2.57. The van der Waals surface area contributed by atoms with E-state index in [-0.39, 0.29) is 11.9 Å². The van der Waals surface area contributed by atoms with Gasteiger partial charge in [-0.1, -0.05) is 6.07 Å². The summed E-state index contributed by atoms with van der Waals surface area (Å²) in [7, 11) is 0. The van der Waals surface area contributed by atoms with Gasteiger partial charge >= 0.3 is 6.03 Å². The van der Waals surface area contributed by atoms with E-state index in [9.17, 15) is 14.4 Å². The Morgan fingerprint density at radius 1 is 1.22 bits per heavy atom. The number of benzene rings is 1. The number of anilines is 1. The smallest absolute Gasteiger partial charge is 0.321 e. The second kappa shape index (κ2) is 6.28. The number of amides is 4. The topological polar surface area (TPSA) is 95.7 Å². The third-order valence-electron chi connectivity index (χ3n) is 4.33. The van der Waals surface area contributed by atoms with Crippen LogP contribution < -0.4 is 16.0 Å². The summed E-state index contributed by atoms with van der Waals surface area (Å²) < 4.78 is 0. The summed E-state index contributed by atoms with van der Waals surface area (Å²) in [5, 5.41) is 2.79. The number of primary amides is 1. The van der Waals surface area contributed by atoms with Gasteiger partial charge in [0, 0.05) is 30.9 Å². The van der Waals surface area contributed by atoms with Crippen molar-refractivity contribution in [2.75, 3.05) is 24.5 Å². The van der Waals surface area contributed by atoms with Gasteiger partial charge in [0.25, 0.3) is 5.91 Å². The van der Waals surface area contributed by atoms with Gasteiger partial charge in [-0.25, -0.2) is 4.79 Å². The zero-order valence-corrected chi connectivity index (χ0v) is 12.8. The largest absolute Gasteiger partial charge is 0.368 e. The Labute approximate surface area is 134 Å². The van der Waals surface area contributed by atoms with E-state index < -0.39 is 11.9 Å². The highest BCUT2D eigenvalue weighted by atomic mass is 16.2. The number of nitrogens with zero attached hydrogens (tertiary/aromatic N) is 2. The second-order valence-electron chi connectivity index (χ2n) is 5.85. The molecule has 3 rings (SSSR count). The number of nitrogens with one attached hydrogen (secondary N) is 1. The Morgan fingerprint density at radius 2 is 2.04 bits per heavy atom. The standard InChI is InChI=1S/C16H20N4O3/c17-14(21)13-6-2-8-20(13)15(22)11-4-1-5-12(10-11)19-9-3-7-18-16(19)23/h1,4-5,10,13H,2-3,6-9H2,(H2,17,21)(H,18,23)/t13-/m0/s1. The number of urea groups is 1. The van der Waals surface area contributed by atoms with Crippen molar-refractivity contribution in [3.05, 3.63) is 29.8 Å². The molecular weight excluding hydrogens is 296 g/mol. The first kappa shape index (κ1) is 15.3. The molecule has 1 atom stereocenters. The van der Waals surface area contributed by atoms with E-state index in [4.69, 9.17) is 5.73 Å². The van der Waals surface area contributed by atoms with Crippen LogP contribution in [0.25, 0.3) is 0 Å². The molecular formula is C16H20N4O3. The molecule has 7 nitrogen and oxygen atoms in total. The number of carbonyl (C=O) groups excluding carboxylic acids is 3. The number of rotatable bonds is 3.